The number of nitrogens with two attached hydrogens (primary N) is 1. The fourth-order valence-corrected chi connectivity index (χ4v) is 1.55. The highest BCUT2D eigenvalue weighted by molar-refractivity contribution is 5.96. The van der Waals surface area contributed by atoms with Gasteiger partial charge in [-0.15, -0.1) is 0 Å². The first-order chi connectivity index (χ1) is 9.31. The van der Waals surface area contributed by atoms with E-state index in [4.69, 9.17) is 5.73 Å². The summed E-state index contributed by atoms with van der Waals surface area (Å²) in [6.07, 6.45) is 0. The molecule has 1 aromatic rings. The number of carbonyl (C=O) groups is 2. The number of nitrogens with one attached hydrogen (secondary N) is 2. The average molecular weight is 277 g/mol. The third kappa shape index (κ3) is 4.66. The minimum Gasteiger partial charge on any atom is -0.350 e. The van der Waals surface area contributed by atoms with Crippen LogP contribution in [-0.4, -0.2) is 23.9 Å². The van der Waals surface area contributed by atoms with Crippen LogP contribution in [0.3, 0.4) is 0 Å². The summed E-state index contributed by atoms with van der Waals surface area (Å²) in [4.78, 5) is 23.6. The molecule has 5 heteroatoms. The predicted molar refractivity (Wildman–Crippen MR) is 80.5 cm³/mol. The van der Waals surface area contributed by atoms with E-state index in [0.717, 1.165) is 0 Å². The van der Waals surface area contributed by atoms with E-state index in [-0.39, 0.29) is 29.8 Å². The summed E-state index contributed by atoms with van der Waals surface area (Å²) in [7, 11) is 0. The quantitative estimate of drug-likeness (QED) is 0.766. The second kappa shape index (κ2) is 7.05. The van der Waals surface area contributed by atoms with E-state index >= 15 is 0 Å². The minimum absolute atomic E-state index is 0.0915. The van der Waals surface area contributed by atoms with Crippen molar-refractivity contribution in [2.75, 3.05) is 5.32 Å². The smallest absolute Gasteiger partial charge is 0.251 e. The van der Waals surface area contributed by atoms with Crippen LogP contribution < -0.4 is 16.4 Å². The molecule has 0 aliphatic rings. The Morgan fingerprint density at radius 2 is 1.60 bits per heavy atom. The Bertz CT molecular complexity index is 467. The van der Waals surface area contributed by atoms with E-state index in [0.29, 0.717) is 11.3 Å². The first kappa shape index (κ1) is 16.2. The largest absolute Gasteiger partial charge is 0.350 e. The zero-order chi connectivity index (χ0) is 15.3. The minimum atomic E-state index is -0.265. The van der Waals surface area contributed by atoms with Crippen LogP contribution in [0.5, 0.6) is 0 Å². The van der Waals surface area contributed by atoms with Gasteiger partial charge in [-0.1, -0.05) is 6.92 Å². The maximum atomic E-state index is 11.8. The monoisotopic (exact) mass is 277 g/mol. The summed E-state index contributed by atoms with van der Waals surface area (Å²) < 4.78 is 0. The molecular weight excluding hydrogens is 254 g/mol. The normalized spacial score (nSPS) is 13.7. The van der Waals surface area contributed by atoms with Crippen LogP contribution in [0.2, 0.25) is 0 Å². The van der Waals surface area contributed by atoms with Gasteiger partial charge in [-0.3, -0.25) is 9.59 Å². The Morgan fingerprint density at radius 3 is 2.05 bits per heavy atom. The highest BCUT2D eigenvalue weighted by atomic mass is 16.2. The Hall–Kier alpha value is -1.88. The number of amides is 2. The SMILES string of the molecule is CC(C)NC(=O)c1ccc(NC(=O)C(C)C(C)N)cc1. The van der Waals surface area contributed by atoms with Gasteiger partial charge in [0.05, 0.1) is 5.92 Å². The van der Waals surface area contributed by atoms with Gasteiger partial charge in [-0.2, -0.15) is 0 Å². The standard InChI is InChI=1S/C15H23N3O2/c1-9(2)17-15(20)12-5-7-13(8-6-12)18-14(19)10(3)11(4)16/h5-11H,16H2,1-4H3,(H,17,20)(H,18,19). The zero-order valence-electron chi connectivity index (χ0n) is 12.4. The van der Waals surface area contributed by atoms with E-state index in [2.05, 4.69) is 10.6 Å². The maximum Gasteiger partial charge on any atom is 0.251 e. The summed E-state index contributed by atoms with van der Waals surface area (Å²) in [5.74, 6) is -0.514. The fourth-order valence-electron chi connectivity index (χ4n) is 1.55. The van der Waals surface area contributed by atoms with E-state index in [1.54, 1.807) is 38.1 Å². The van der Waals surface area contributed by atoms with E-state index in [9.17, 15) is 9.59 Å². The molecule has 0 bridgehead atoms. The molecule has 0 fully saturated rings. The van der Waals surface area contributed by atoms with Crippen LogP contribution in [0.15, 0.2) is 24.3 Å². The molecule has 20 heavy (non-hydrogen) atoms. The second-order valence-electron chi connectivity index (χ2n) is 5.34. The molecule has 0 heterocycles. The highest BCUT2D eigenvalue weighted by Gasteiger charge is 2.17. The lowest BCUT2D eigenvalue weighted by molar-refractivity contribution is -0.119. The van der Waals surface area contributed by atoms with Gasteiger partial charge < -0.3 is 16.4 Å². The Morgan fingerprint density at radius 1 is 1.05 bits per heavy atom. The summed E-state index contributed by atoms with van der Waals surface area (Å²) in [5.41, 5.74) is 6.91. The van der Waals surface area contributed by atoms with Crippen molar-refractivity contribution in [3.8, 4) is 0 Å². The van der Waals surface area contributed by atoms with Gasteiger partial charge in [0, 0.05) is 23.3 Å². The number of benzene rings is 1. The van der Waals surface area contributed by atoms with Gasteiger partial charge in [0.25, 0.3) is 5.91 Å². The van der Waals surface area contributed by atoms with Crippen molar-refractivity contribution < 1.29 is 9.59 Å². The molecule has 1 rings (SSSR count). The van der Waals surface area contributed by atoms with Crippen LogP contribution in [-0.2, 0) is 4.79 Å². The van der Waals surface area contributed by atoms with Gasteiger partial charge in [0.2, 0.25) is 5.91 Å². The van der Waals surface area contributed by atoms with Gasteiger partial charge >= 0.3 is 0 Å². The number of hydrogen-bond acceptors (Lipinski definition) is 3. The van der Waals surface area contributed by atoms with Crippen LogP contribution in [0.4, 0.5) is 5.69 Å². The fraction of sp³-hybridized carbons (Fsp3) is 0.467. The molecule has 5 nitrogen and oxygen atoms in total. The molecule has 4 N–H and O–H groups in total. The van der Waals surface area contributed by atoms with Crippen LogP contribution in [0.25, 0.3) is 0 Å². The Kier molecular flexibility index (Phi) is 5.70. The molecular formula is C15H23N3O2. The van der Waals surface area contributed by atoms with Gasteiger partial charge in [0.1, 0.15) is 0 Å². The molecule has 0 radical (unpaired) electrons. The van der Waals surface area contributed by atoms with Crippen LogP contribution in [0, 0.1) is 5.92 Å². The number of hydrogen-bond donors (Lipinski definition) is 3. The van der Waals surface area contributed by atoms with Crippen molar-refractivity contribution in [1.82, 2.24) is 5.32 Å². The van der Waals surface area contributed by atoms with Crippen LogP contribution in [0.1, 0.15) is 38.1 Å². The third-order valence-corrected chi connectivity index (χ3v) is 3.04. The molecule has 0 aromatic heterocycles. The number of anilines is 1. The molecule has 0 spiro atoms. The first-order valence-electron chi connectivity index (χ1n) is 6.78. The molecule has 1 aromatic carbocycles. The van der Waals surface area contributed by atoms with Gasteiger partial charge in [0.15, 0.2) is 0 Å². The van der Waals surface area contributed by atoms with Crippen molar-refractivity contribution in [1.29, 1.82) is 0 Å². The Balaban J connectivity index is 2.67. The maximum absolute atomic E-state index is 11.8. The Labute approximate surface area is 119 Å². The number of carbonyl (C=O) groups excluding carboxylic acids is 2. The highest BCUT2D eigenvalue weighted by Crippen LogP contribution is 2.12. The topological polar surface area (TPSA) is 84.2 Å². The lowest BCUT2D eigenvalue weighted by atomic mass is 10.0. The second-order valence-corrected chi connectivity index (χ2v) is 5.34. The summed E-state index contributed by atoms with van der Waals surface area (Å²) in [6, 6.07) is 6.68. The predicted octanol–water partition coefficient (Wildman–Crippen LogP) is 1.75. The third-order valence-electron chi connectivity index (χ3n) is 3.04. The number of rotatable bonds is 5. The lowest BCUT2D eigenvalue weighted by Crippen LogP contribution is -2.34. The van der Waals surface area contributed by atoms with E-state index < -0.39 is 0 Å². The van der Waals surface area contributed by atoms with Gasteiger partial charge in [-0.05, 0) is 45.0 Å². The molecule has 2 unspecified atom stereocenters. The molecule has 2 amide bonds. The van der Waals surface area contributed by atoms with Crippen LogP contribution >= 0.6 is 0 Å². The summed E-state index contributed by atoms with van der Waals surface area (Å²) >= 11 is 0. The lowest BCUT2D eigenvalue weighted by Gasteiger charge is -2.15. The van der Waals surface area contributed by atoms with Crippen molar-refractivity contribution in [3.05, 3.63) is 29.8 Å². The molecule has 110 valence electrons. The summed E-state index contributed by atoms with van der Waals surface area (Å²) in [6.45, 7) is 7.39. The van der Waals surface area contributed by atoms with Crippen molar-refractivity contribution in [2.45, 2.75) is 39.8 Å². The van der Waals surface area contributed by atoms with E-state index in [1.807, 2.05) is 13.8 Å². The summed E-state index contributed by atoms with van der Waals surface area (Å²) in [5, 5.41) is 5.59. The van der Waals surface area contributed by atoms with Crippen molar-refractivity contribution >= 4 is 17.5 Å². The molecule has 2 atom stereocenters. The van der Waals surface area contributed by atoms with Crippen molar-refractivity contribution in [2.24, 2.45) is 11.7 Å². The molecule has 0 aliphatic heterocycles. The average Bonchev–Trinajstić information content (AvgIpc) is 2.37. The van der Waals surface area contributed by atoms with Crippen molar-refractivity contribution in [3.63, 3.8) is 0 Å². The molecule has 0 saturated carbocycles. The zero-order valence-corrected chi connectivity index (χ0v) is 12.4. The molecule has 0 aliphatic carbocycles. The first-order valence-corrected chi connectivity index (χ1v) is 6.78. The van der Waals surface area contributed by atoms with Gasteiger partial charge in [-0.25, -0.2) is 0 Å². The molecule has 0 saturated heterocycles. The van der Waals surface area contributed by atoms with E-state index in [1.165, 1.54) is 0 Å².